The molecular formula is C36H45F4N7OS. The average Bonchev–Trinajstić information content (AvgIpc) is 3.82. The van der Waals surface area contributed by atoms with Crippen LogP contribution < -0.4 is 22.5 Å². The van der Waals surface area contributed by atoms with Gasteiger partial charge in [0.2, 0.25) is 0 Å². The molecule has 0 amide bonds. The van der Waals surface area contributed by atoms with E-state index in [-0.39, 0.29) is 17.7 Å². The van der Waals surface area contributed by atoms with E-state index in [9.17, 15) is 18.0 Å². The lowest BCUT2D eigenvalue weighted by Crippen LogP contribution is -2.25. The summed E-state index contributed by atoms with van der Waals surface area (Å²) in [6.07, 6.45) is 5.34. The number of rotatable bonds is 16. The Labute approximate surface area is 288 Å². The first kappa shape index (κ1) is 36.6. The van der Waals surface area contributed by atoms with Gasteiger partial charge in [-0.25, -0.2) is 9.18 Å². The van der Waals surface area contributed by atoms with E-state index in [1.165, 1.54) is 28.5 Å². The number of hydrogen-bond acceptors (Lipinski definition) is 6. The van der Waals surface area contributed by atoms with Crippen LogP contribution in [0.1, 0.15) is 81.5 Å². The summed E-state index contributed by atoms with van der Waals surface area (Å²) in [4.78, 5) is 25.3. The highest BCUT2D eigenvalue weighted by Crippen LogP contribution is 2.37. The van der Waals surface area contributed by atoms with Crippen LogP contribution in [-0.2, 0) is 12.6 Å². The minimum atomic E-state index is -4.53. The molecule has 0 radical (unpaired) electrons. The molecule has 1 saturated carbocycles. The number of aryl methyl sites for hydroxylation is 1. The highest BCUT2D eigenvalue weighted by molar-refractivity contribution is 7.98. The Morgan fingerprint density at radius 1 is 1.16 bits per heavy atom. The Morgan fingerprint density at radius 2 is 1.94 bits per heavy atom. The van der Waals surface area contributed by atoms with E-state index in [1.807, 2.05) is 13.2 Å². The van der Waals surface area contributed by atoms with E-state index in [0.29, 0.717) is 82.5 Å². The topological polar surface area (TPSA) is 127 Å². The van der Waals surface area contributed by atoms with E-state index >= 15 is 4.39 Å². The fraction of sp³-hybridized carbons (Fsp3) is 0.472. The summed E-state index contributed by atoms with van der Waals surface area (Å²) in [5.41, 5.74) is 12.8. The van der Waals surface area contributed by atoms with Crippen molar-refractivity contribution >= 4 is 28.6 Å². The molecule has 1 aliphatic rings. The number of thioether (sulfide) groups is 1. The first-order valence-electron chi connectivity index (χ1n) is 16.8. The van der Waals surface area contributed by atoms with E-state index in [2.05, 4.69) is 20.3 Å². The fourth-order valence-electron chi connectivity index (χ4n) is 6.27. The van der Waals surface area contributed by atoms with E-state index in [0.717, 1.165) is 38.2 Å². The second-order valence-corrected chi connectivity index (χ2v) is 13.8. The molecule has 2 aromatic heterocycles. The third-order valence-electron chi connectivity index (χ3n) is 8.96. The zero-order chi connectivity index (χ0) is 35.3. The molecule has 2 heterocycles. The molecule has 13 heteroatoms. The standard InChI is InChI=1S/C36H45F4N7OS/c1-4-7-30(44-13-6-12-43-21(2)41)33-28(37)18-27(19-32(33)49-3)47-20-25-17-31(45-34(25)46-35(47)48)24-14-22(15-26(16-24)36(38,39)40)8-5-9-29(42)23-10-11-23/h14-20,23,29-30,44H,4-13,42H2,1-3H3,(H2,41,43)(H,45,46,48). The molecule has 0 spiro atoms. The first-order chi connectivity index (χ1) is 23.4. The summed E-state index contributed by atoms with van der Waals surface area (Å²) in [7, 11) is 0. The largest absolute Gasteiger partial charge is 0.416 e. The number of benzene rings is 2. The summed E-state index contributed by atoms with van der Waals surface area (Å²) in [5, 5.41) is 3.95. The summed E-state index contributed by atoms with van der Waals surface area (Å²) in [5.74, 6) is 0.610. The van der Waals surface area contributed by atoms with Crippen molar-refractivity contribution in [1.82, 2.24) is 19.9 Å². The van der Waals surface area contributed by atoms with Gasteiger partial charge in [0.15, 0.2) is 0 Å². The Bertz CT molecular complexity index is 1840. The van der Waals surface area contributed by atoms with Gasteiger partial charge in [-0.2, -0.15) is 18.2 Å². The number of H-pyrrole nitrogens is 1. The maximum absolute atomic E-state index is 15.9. The van der Waals surface area contributed by atoms with E-state index in [4.69, 9.17) is 11.5 Å². The Hall–Kier alpha value is -3.68. The zero-order valence-electron chi connectivity index (χ0n) is 28.2. The summed E-state index contributed by atoms with van der Waals surface area (Å²) < 4.78 is 59.0. The normalized spacial score (nSPS) is 15.2. The summed E-state index contributed by atoms with van der Waals surface area (Å²) in [6.45, 7) is 4.99. The molecule has 2 atom stereocenters. The molecule has 49 heavy (non-hydrogen) atoms. The second-order valence-electron chi connectivity index (χ2n) is 12.9. The zero-order valence-corrected chi connectivity index (χ0v) is 29.0. The SMILES string of the molecule is CCCC(NCCCN=C(C)N)c1c(F)cc(-n2cc3cc(-c4cc(CCCC(N)C5CC5)cc(C(F)(F)F)c4)[nH]c3nc2=O)cc1SC. The summed E-state index contributed by atoms with van der Waals surface area (Å²) >= 11 is 1.39. The molecule has 264 valence electrons. The quantitative estimate of drug-likeness (QED) is 0.0315. The molecule has 5 rings (SSSR count). The maximum atomic E-state index is 15.9. The number of nitrogens with two attached hydrogens (primary N) is 2. The van der Waals surface area contributed by atoms with Gasteiger partial charge < -0.3 is 21.8 Å². The van der Waals surface area contributed by atoms with E-state index < -0.39 is 23.2 Å². The van der Waals surface area contributed by atoms with Crippen molar-refractivity contribution in [2.24, 2.45) is 22.4 Å². The highest BCUT2D eigenvalue weighted by Gasteiger charge is 2.32. The predicted molar refractivity (Wildman–Crippen MR) is 190 cm³/mol. The van der Waals surface area contributed by atoms with Crippen molar-refractivity contribution < 1.29 is 17.6 Å². The molecule has 6 N–H and O–H groups in total. The van der Waals surface area contributed by atoms with Gasteiger partial charge >= 0.3 is 11.9 Å². The first-order valence-corrected chi connectivity index (χ1v) is 18.1. The fourth-order valence-corrected chi connectivity index (χ4v) is 6.96. The number of aromatic amines is 1. The number of fused-ring (bicyclic) bond motifs is 1. The van der Waals surface area contributed by atoms with Crippen LogP contribution in [-0.4, -0.2) is 45.8 Å². The number of halogens is 4. The lowest BCUT2D eigenvalue weighted by molar-refractivity contribution is -0.137. The number of hydrogen-bond donors (Lipinski definition) is 4. The van der Waals surface area contributed by atoms with Crippen molar-refractivity contribution in [3.63, 3.8) is 0 Å². The van der Waals surface area contributed by atoms with Crippen LogP contribution in [0.5, 0.6) is 0 Å². The van der Waals surface area contributed by atoms with Crippen LogP contribution in [0, 0.1) is 11.7 Å². The van der Waals surface area contributed by atoms with Crippen molar-refractivity contribution in [2.45, 2.75) is 88.4 Å². The predicted octanol–water partition coefficient (Wildman–Crippen LogP) is 7.52. The Kier molecular flexibility index (Phi) is 11.9. The van der Waals surface area contributed by atoms with Crippen molar-refractivity contribution in [1.29, 1.82) is 0 Å². The van der Waals surface area contributed by atoms with Gasteiger partial charge in [-0.3, -0.25) is 9.56 Å². The van der Waals surface area contributed by atoms with Gasteiger partial charge in [0.1, 0.15) is 11.5 Å². The monoisotopic (exact) mass is 699 g/mol. The molecule has 2 aromatic carbocycles. The van der Waals surface area contributed by atoms with Crippen LogP contribution in [0.4, 0.5) is 17.6 Å². The van der Waals surface area contributed by atoms with Crippen molar-refractivity contribution in [2.75, 3.05) is 19.3 Å². The van der Waals surface area contributed by atoms with E-state index in [1.54, 1.807) is 31.3 Å². The molecule has 1 fully saturated rings. The third kappa shape index (κ3) is 9.31. The minimum Gasteiger partial charge on any atom is -0.388 e. The maximum Gasteiger partial charge on any atom is 0.416 e. The van der Waals surface area contributed by atoms with Gasteiger partial charge in [-0.05, 0) is 118 Å². The molecule has 0 bridgehead atoms. The number of amidine groups is 1. The summed E-state index contributed by atoms with van der Waals surface area (Å²) in [6, 6.07) is 8.64. The lowest BCUT2D eigenvalue weighted by Gasteiger charge is -2.22. The molecule has 1 aliphatic carbocycles. The van der Waals surface area contributed by atoms with Crippen molar-refractivity contribution in [3.05, 3.63) is 75.6 Å². The lowest BCUT2D eigenvalue weighted by atomic mass is 9.98. The van der Waals surface area contributed by atoms with Crippen LogP contribution in [0.15, 0.2) is 57.3 Å². The molecule has 2 unspecified atom stereocenters. The van der Waals surface area contributed by atoms with Gasteiger partial charge in [-0.1, -0.05) is 13.3 Å². The number of nitrogens with zero attached hydrogens (tertiary/aromatic N) is 3. The van der Waals surface area contributed by atoms with Crippen molar-refractivity contribution in [3.8, 4) is 16.9 Å². The number of alkyl halides is 3. The van der Waals surface area contributed by atoms with Crippen LogP contribution >= 0.6 is 11.8 Å². The molecule has 4 aromatic rings. The average molecular weight is 700 g/mol. The van der Waals surface area contributed by atoms with Gasteiger partial charge in [0.05, 0.1) is 17.1 Å². The van der Waals surface area contributed by atoms with Gasteiger partial charge in [-0.15, -0.1) is 11.8 Å². The molecule has 8 nitrogen and oxygen atoms in total. The number of aromatic nitrogens is 3. The molecule has 0 aliphatic heterocycles. The molecular weight excluding hydrogens is 655 g/mol. The molecule has 0 saturated heterocycles. The number of aliphatic imine (C=N–C) groups is 1. The van der Waals surface area contributed by atoms with Gasteiger partial charge in [0, 0.05) is 46.4 Å². The van der Waals surface area contributed by atoms with Crippen LogP contribution in [0.2, 0.25) is 0 Å². The number of nitrogens with one attached hydrogen (secondary N) is 2. The highest BCUT2D eigenvalue weighted by atomic mass is 32.2. The third-order valence-corrected chi connectivity index (χ3v) is 9.73. The minimum absolute atomic E-state index is 0.0841. The van der Waals surface area contributed by atoms with Gasteiger partial charge in [0.25, 0.3) is 0 Å². The second kappa shape index (κ2) is 15.9. The van der Waals surface area contributed by atoms with Crippen LogP contribution in [0.3, 0.4) is 0 Å². The Balaban J connectivity index is 1.43. The van der Waals surface area contributed by atoms with Crippen LogP contribution in [0.25, 0.3) is 28.0 Å². The smallest absolute Gasteiger partial charge is 0.388 e. The Morgan fingerprint density at radius 3 is 2.61 bits per heavy atom.